The van der Waals surface area contributed by atoms with E-state index in [4.69, 9.17) is 0 Å². The summed E-state index contributed by atoms with van der Waals surface area (Å²) >= 11 is 0. The lowest BCUT2D eigenvalue weighted by atomic mass is 9.95. The van der Waals surface area contributed by atoms with Gasteiger partial charge in [-0.2, -0.15) is 0 Å². The van der Waals surface area contributed by atoms with E-state index in [0.29, 0.717) is 25.1 Å². The molecule has 0 radical (unpaired) electrons. The SMILES string of the molecule is Cc1ccc(C)c(N(CCCC(=O)N(CCc2ccccc2)C(C)C(=O)NC2CCCCC2)S(C)(=O)=O)c1. The van der Waals surface area contributed by atoms with Crippen LogP contribution in [0.3, 0.4) is 0 Å². The predicted molar refractivity (Wildman–Crippen MR) is 154 cm³/mol. The summed E-state index contributed by atoms with van der Waals surface area (Å²) in [6.45, 7) is 6.23. The van der Waals surface area contributed by atoms with Gasteiger partial charge in [0.15, 0.2) is 0 Å². The fourth-order valence-electron chi connectivity index (χ4n) is 5.11. The van der Waals surface area contributed by atoms with E-state index in [1.165, 1.54) is 17.0 Å². The van der Waals surface area contributed by atoms with Gasteiger partial charge in [-0.15, -0.1) is 0 Å². The Hall–Kier alpha value is -2.87. The lowest BCUT2D eigenvalue weighted by Gasteiger charge is -2.31. The van der Waals surface area contributed by atoms with Gasteiger partial charge in [0.25, 0.3) is 0 Å². The molecule has 1 aliphatic carbocycles. The number of aryl methyl sites for hydroxylation is 2. The summed E-state index contributed by atoms with van der Waals surface area (Å²) in [6.07, 6.45) is 7.76. The third kappa shape index (κ3) is 8.58. The second kappa shape index (κ2) is 13.8. The van der Waals surface area contributed by atoms with Crippen LogP contribution in [0.4, 0.5) is 5.69 Å². The maximum atomic E-state index is 13.5. The van der Waals surface area contributed by atoms with Crippen LogP contribution in [0.1, 0.15) is 68.6 Å². The Morgan fingerprint density at radius 2 is 1.68 bits per heavy atom. The molecular weight excluding hydrogens is 498 g/mol. The molecule has 1 unspecified atom stereocenters. The number of sulfonamides is 1. The lowest BCUT2D eigenvalue weighted by Crippen LogP contribution is -2.51. The highest BCUT2D eigenvalue weighted by Crippen LogP contribution is 2.25. The molecule has 2 aromatic carbocycles. The quantitative estimate of drug-likeness (QED) is 0.420. The molecule has 1 N–H and O–H groups in total. The molecule has 38 heavy (non-hydrogen) atoms. The molecule has 0 aromatic heterocycles. The summed E-state index contributed by atoms with van der Waals surface area (Å²) in [5, 5.41) is 3.16. The Bertz CT molecular complexity index is 1180. The van der Waals surface area contributed by atoms with Gasteiger partial charge >= 0.3 is 0 Å². The van der Waals surface area contributed by atoms with Crippen molar-refractivity contribution in [3.05, 3.63) is 65.2 Å². The molecule has 1 aliphatic rings. The molecule has 0 aliphatic heterocycles. The van der Waals surface area contributed by atoms with E-state index < -0.39 is 16.1 Å². The van der Waals surface area contributed by atoms with Gasteiger partial charge in [-0.05, 0) is 69.2 Å². The maximum absolute atomic E-state index is 13.5. The number of nitrogens with one attached hydrogen (secondary N) is 1. The molecular formula is C30H43N3O4S. The molecule has 208 valence electrons. The van der Waals surface area contributed by atoms with Gasteiger partial charge in [0, 0.05) is 25.6 Å². The number of carbonyl (C=O) groups is 2. The third-order valence-corrected chi connectivity index (χ3v) is 8.57. The van der Waals surface area contributed by atoms with E-state index in [1.807, 2.05) is 62.4 Å². The minimum atomic E-state index is -3.52. The van der Waals surface area contributed by atoms with Gasteiger partial charge < -0.3 is 10.2 Å². The topological polar surface area (TPSA) is 86.8 Å². The zero-order valence-electron chi connectivity index (χ0n) is 23.3. The molecule has 2 amide bonds. The van der Waals surface area contributed by atoms with Crippen molar-refractivity contribution < 1.29 is 18.0 Å². The van der Waals surface area contributed by atoms with Gasteiger partial charge in [0.2, 0.25) is 21.8 Å². The Kier molecular flexibility index (Phi) is 10.8. The van der Waals surface area contributed by atoms with Crippen molar-refractivity contribution in [3.8, 4) is 0 Å². The minimum absolute atomic E-state index is 0.119. The van der Waals surface area contributed by atoms with E-state index >= 15 is 0 Å². The first kappa shape index (κ1) is 29.7. The van der Waals surface area contributed by atoms with Crippen molar-refractivity contribution in [2.45, 2.75) is 84.2 Å². The van der Waals surface area contributed by atoms with Crippen molar-refractivity contribution in [2.75, 3.05) is 23.7 Å². The number of anilines is 1. The number of hydrogen-bond acceptors (Lipinski definition) is 4. The molecule has 7 nitrogen and oxygen atoms in total. The minimum Gasteiger partial charge on any atom is -0.352 e. The standard InChI is InChI=1S/C30H43N3O4S/c1-23-17-18-24(2)28(22-23)33(38(4,36)37)20-11-16-29(34)32(21-19-26-12-7-5-8-13-26)25(3)30(35)31-27-14-9-6-10-15-27/h5,7-8,12-13,17-18,22,25,27H,6,9-11,14-16,19-21H2,1-4H3,(H,31,35). The Labute approximate surface area is 228 Å². The fourth-order valence-corrected chi connectivity index (χ4v) is 6.12. The number of rotatable bonds is 12. The summed E-state index contributed by atoms with van der Waals surface area (Å²) in [7, 11) is -3.52. The van der Waals surface area contributed by atoms with Crippen molar-refractivity contribution in [2.24, 2.45) is 0 Å². The zero-order chi connectivity index (χ0) is 27.7. The largest absolute Gasteiger partial charge is 0.352 e. The van der Waals surface area contributed by atoms with Crippen LogP contribution in [0.25, 0.3) is 0 Å². The van der Waals surface area contributed by atoms with E-state index in [-0.39, 0.29) is 30.8 Å². The van der Waals surface area contributed by atoms with Gasteiger partial charge in [0.05, 0.1) is 11.9 Å². The van der Waals surface area contributed by atoms with Gasteiger partial charge in [-0.25, -0.2) is 8.42 Å². The predicted octanol–water partition coefficient (Wildman–Crippen LogP) is 4.76. The molecule has 1 atom stereocenters. The first-order valence-electron chi connectivity index (χ1n) is 13.7. The van der Waals surface area contributed by atoms with E-state index in [0.717, 1.165) is 42.4 Å². The van der Waals surface area contributed by atoms with Crippen LogP contribution < -0.4 is 9.62 Å². The van der Waals surface area contributed by atoms with Crippen molar-refractivity contribution in [1.82, 2.24) is 10.2 Å². The zero-order valence-corrected chi connectivity index (χ0v) is 24.1. The molecule has 0 bridgehead atoms. The number of amides is 2. The van der Waals surface area contributed by atoms with Gasteiger partial charge in [0.1, 0.15) is 6.04 Å². The van der Waals surface area contributed by atoms with Crippen LogP contribution in [0.2, 0.25) is 0 Å². The second-order valence-corrected chi connectivity index (χ2v) is 12.5. The summed E-state index contributed by atoms with van der Waals surface area (Å²) < 4.78 is 26.6. The highest BCUT2D eigenvalue weighted by atomic mass is 32.2. The van der Waals surface area contributed by atoms with Crippen LogP contribution in [0.5, 0.6) is 0 Å². The summed E-state index contributed by atoms with van der Waals surface area (Å²) in [5.74, 6) is -0.256. The lowest BCUT2D eigenvalue weighted by molar-refractivity contribution is -0.140. The van der Waals surface area contributed by atoms with Crippen LogP contribution in [0, 0.1) is 13.8 Å². The molecule has 1 saturated carbocycles. The highest BCUT2D eigenvalue weighted by molar-refractivity contribution is 7.92. The number of benzene rings is 2. The summed E-state index contributed by atoms with van der Waals surface area (Å²) in [6, 6.07) is 15.2. The van der Waals surface area contributed by atoms with Crippen LogP contribution in [-0.4, -0.2) is 56.6 Å². The van der Waals surface area contributed by atoms with Crippen molar-refractivity contribution >= 4 is 27.5 Å². The van der Waals surface area contributed by atoms with Crippen molar-refractivity contribution in [3.63, 3.8) is 0 Å². The van der Waals surface area contributed by atoms with E-state index in [9.17, 15) is 18.0 Å². The summed E-state index contributed by atoms with van der Waals surface area (Å²) in [5.41, 5.74) is 3.58. The maximum Gasteiger partial charge on any atom is 0.242 e. The number of carbonyl (C=O) groups excluding carboxylic acids is 2. The van der Waals surface area contributed by atoms with Crippen LogP contribution in [-0.2, 0) is 26.0 Å². The normalized spacial score (nSPS) is 15.1. The Morgan fingerprint density at radius 3 is 2.34 bits per heavy atom. The molecule has 1 fully saturated rings. The second-order valence-electron chi connectivity index (χ2n) is 10.6. The van der Waals surface area contributed by atoms with Crippen LogP contribution in [0.15, 0.2) is 48.5 Å². The number of hydrogen-bond donors (Lipinski definition) is 1. The highest BCUT2D eigenvalue weighted by Gasteiger charge is 2.28. The van der Waals surface area contributed by atoms with Crippen molar-refractivity contribution in [1.29, 1.82) is 0 Å². The first-order valence-corrected chi connectivity index (χ1v) is 15.6. The molecule has 0 spiro atoms. The van der Waals surface area contributed by atoms with E-state index in [1.54, 1.807) is 11.8 Å². The Morgan fingerprint density at radius 1 is 1.00 bits per heavy atom. The van der Waals surface area contributed by atoms with Gasteiger partial charge in [-0.1, -0.05) is 61.7 Å². The molecule has 3 rings (SSSR count). The van der Waals surface area contributed by atoms with Gasteiger partial charge in [-0.3, -0.25) is 13.9 Å². The molecule has 2 aromatic rings. The number of nitrogens with zero attached hydrogens (tertiary/aromatic N) is 2. The Balaban J connectivity index is 1.69. The van der Waals surface area contributed by atoms with E-state index in [2.05, 4.69) is 5.32 Å². The smallest absolute Gasteiger partial charge is 0.242 e. The third-order valence-electron chi connectivity index (χ3n) is 7.39. The molecule has 0 heterocycles. The average Bonchev–Trinajstić information content (AvgIpc) is 2.88. The van der Waals surface area contributed by atoms with Crippen LogP contribution >= 0.6 is 0 Å². The molecule has 0 saturated heterocycles. The fraction of sp³-hybridized carbons (Fsp3) is 0.533. The average molecular weight is 542 g/mol. The monoisotopic (exact) mass is 541 g/mol. The summed E-state index contributed by atoms with van der Waals surface area (Å²) in [4.78, 5) is 28.3. The molecule has 8 heteroatoms. The first-order chi connectivity index (χ1) is 18.1.